The van der Waals surface area contributed by atoms with Crippen LogP contribution in [0.2, 0.25) is 0 Å². The lowest BCUT2D eigenvalue weighted by Gasteiger charge is -2.39. The third-order valence-electron chi connectivity index (χ3n) is 6.74. The SMILES string of the molecule is CC(=O)N(c1ccc(F)cc1)C1CCN(CC2CC3CCC2C3)CC1. The van der Waals surface area contributed by atoms with Gasteiger partial charge in [0, 0.05) is 38.3 Å². The van der Waals surface area contributed by atoms with Gasteiger partial charge >= 0.3 is 0 Å². The fourth-order valence-corrected chi connectivity index (χ4v) is 5.54. The minimum Gasteiger partial charge on any atom is -0.310 e. The summed E-state index contributed by atoms with van der Waals surface area (Å²) in [5.41, 5.74) is 0.820. The highest BCUT2D eigenvalue weighted by molar-refractivity contribution is 5.92. The average Bonchev–Trinajstić information content (AvgIpc) is 3.21. The average molecular weight is 344 g/mol. The molecule has 1 heterocycles. The van der Waals surface area contributed by atoms with Gasteiger partial charge in [0.05, 0.1) is 0 Å². The molecule has 1 amide bonds. The summed E-state index contributed by atoms with van der Waals surface area (Å²) in [6.07, 6.45) is 7.86. The lowest BCUT2D eigenvalue weighted by molar-refractivity contribution is -0.117. The van der Waals surface area contributed by atoms with E-state index in [0.717, 1.165) is 49.4 Å². The van der Waals surface area contributed by atoms with Crippen molar-refractivity contribution < 1.29 is 9.18 Å². The van der Waals surface area contributed by atoms with Gasteiger partial charge in [0.2, 0.25) is 5.91 Å². The first-order chi connectivity index (χ1) is 12.1. The highest BCUT2D eigenvalue weighted by Crippen LogP contribution is 2.48. The number of amides is 1. The van der Waals surface area contributed by atoms with Gasteiger partial charge in [-0.2, -0.15) is 0 Å². The number of likely N-dealkylation sites (tertiary alicyclic amines) is 1. The Balaban J connectivity index is 1.35. The van der Waals surface area contributed by atoms with E-state index in [0.29, 0.717) is 0 Å². The van der Waals surface area contributed by atoms with Crippen LogP contribution in [0.1, 0.15) is 45.4 Å². The van der Waals surface area contributed by atoms with Crippen LogP contribution in [0.3, 0.4) is 0 Å². The van der Waals surface area contributed by atoms with E-state index in [2.05, 4.69) is 4.90 Å². The van der Waals surface area contributed by atoms with Gasteiger partial charge in [-0.1, -0.05) is 6.42 Å². The molecular formula is C21H29FN2O. The molecular weight excluding hydrogens is 315 g/mol. The molecule has 2 aliphatic carbocycles. The van der Waals surface area contributed by atoms with Gasteiger partial charge in [0.25, 0.3) is 0 Å². The minimum atomic E-state index is -0.257. The third-order valence-corrected chi connectivity index (χ3v) is 6.74. The Labute approximate surface area is 150 Å². The number of benzene rings is 1. The van der Waals surface area contributed by atoms with Gasteiger partial charge < -0.3 is 9.80 Å². The maximum Gasteiger partial charge on any atom is 0.224 e. The number of fused-ring (bicyclic) bond motifs is 2. The fraction of sp³-hybridized carbons (Fsp3) is 0.667. The van der Waals surface area contributed by atoms with Crippen molar-refractivity contribution in [1.29, 1.82) is 0 Å². The number of nitrogens with zero attached hydrogens (tertiary/aromatic N) is 2. The van der Waals surface area contributed by atoms with Crippen LogP contribution in [0.25, 0.3) is 0 Å². The van der Waals surface area contributed by atoms with E-state index < -0.39 is 0 Å². The van der Waals surface area contributed by atoms with Gasteiger partial charge in [-0.3, -0.25) is 4.79 Å². The molecule has 0 aromatic heterocycles. The lowest BCUT2D eigenvalue weighted by atomic mass is 9.88. The van der Waals surface area contributed by atoms with Gasteiger partial charge in [-0.05, 0) is 74.1 Å². The maximum atomic E-state index is 13.2. The largest absolute Gasteiger partial charge is 0.310 e. The van der Waals surface area contributed by atoms with Gasteiger partial charge in [-0.25, -0.2) is 4.39 Å². The van der Waals surface area contributed by atoms with E-state index in [1.807, 2.05) is 4.90 Å². The zero-order valence-electron chi connectivity index (χ0n) is 15.2. The summed E-state index contributed by atoms with van der Waals surface area (Å²) in [7, 11) is 0. The summed E-state index contributed by atoms with van der Waals surface area (Å²) in [5.74, 6) is 2.71. The molecule has 3 aliphatic rings. The van der Waals surface area contributed by atoms with Gasteiger partial charge in [0.1, 0.15) is 5.82 Å². The van der Waals surface area contributed by atoms with Crippen molar-refractivity contribution in [1.82, 2.24) is 4.90 Å². The second-order valence-electron chi connectivity index (χ2n) is 8.33. The van der Waals surface area contributed by atoms with E-state index in [4.69, 9.17) is 0 Å². The summed E-state index contributed by atoms with van der Waals surface area (Å²) in [6.45, 7) is 5.02. The van der Waals surface area contributed by atoms with Crippen LogP contribution in [0, 0.1) is 23.6 Å². The standard InChI is InChI=1S/C21H29FN2O/c1-15(25)24(20-6-4-19(22)5-7-20)21-8-10-23(11-9-21)14-18-13-16-2-3-17(18)12-16/h4-7,16-18,21H,2-3,8-14H2,1H3. The molecule has 25 heavy (non-hydrogen) atoms. The van der Waals surface area contributed by atoms with Crippen molar-refractivity contribution in [3.05, 3.63) is 30.1 Å². The molecule has 4 heteroatoms. The molecule has 1 aromatic rings. The number of carbonyl (C=O) groups excluding carboxylic acids is 1. The summed E-state index contributed by atoms with van der Waals surface area (Å²) >= 11 is 0. The summed E-state index contributed by atoms with van der Waals surface area (Å²) < 4.78 is 13.2. The molecule has 2 saturated carbocycles. The predicted molar refractivity (Wildman–Crippen MR) is 98.0 cm³/mol. The first-order valence-corrected chi connectivity index (χ1v) is 9.88. The molecule has 3 unspecified atom stereocenters. The minimum absolute atomic E-state index is 0.0539. The normalized spacial score (nSPS) is 29.9. The van der Waals surface area contributed by atoms with Crippen molar-refractivity contribution >= 4 is 11.6 Å². The molecule has 0 radical (unpaired) electrons. The number of carbonyl (C=O) groups is 1. The van der Waals surface area contributed by atoms with Crippen LogP contribution < -0.4 is 4.90 Å². The first kappa shape index (κ1) is 17.0. The first-order valence-electron chi connectivity index (χ1n) is 9.88. The lowest BCUT2D eigenvalue weighted by Crippen LogP contribution is -2.48. The van der Waals surface area contributed by atoms with E-state index in [1.54, 1.807) is 19.1 Å². The van der Waals surface area contributed by atoms with Crippen LogP contribution in [0.15, 0.2) is 24.3 Å². The van der Waals surface area contributed by atoms with E-state index in [1.165, 1.54) is 44.4 Å². The van der Waals surface area contributed by atoms with E-state index in [9.17, 15) is 9.18 Å². The van der Waals surface area contributed by atoms with Crippen LogP contribution in [0.4, 0.5) is 10.1 Å². The zero-order chi connectivity index (χ0) is 17.4. The molecule has 3 fully saturated rings. The quantitative estimate of drug-likeness (QED) is 0.822. The van der Waals surface area contributed by atoms with Gasteiger partial charge in [0.15, 0.2) is 0 Å². The molecule has 2 bridgehead atoms. The molecule has 1 saturated heterocycles. The fourth-order valence-electron chi connectivity index (χ4n) is 5.54. The molecule has 1 aliphatic heterocycles. The van der Waals surface area contributed by atoms with Gasteiger partial charge in [-0.15, -0.1) is 0 Å². The number of piperidine rings is 1. The van der Waals surface area contributed by atoms with E-state index >= 15 is 0 Å². The Hall–Kier alpha value is -1.42. The van der Waals surface area contributed by atoms with E-state index in [-0.39, 0.29) is 17.8 Å². The molecule has 3 atom stereocenters. The number of rotatable bonds is 4. The van der Waals surface area contributed by atoms with Crippen molar-refractivity contribution in [2.75, 3.05) is 24.5 Å². The topological polar surface area (TPSA) is 23.6 Å². The number of hydrogen-bond acceptors (Lipinski definition) is 2. The van der Waals surface area contributed by atoms with Crippen molar-refractivity contribution in [2.24, 2.45) is 17.8 Å². The highest BCUT2D eigenvalue weighted by atomic mass is 19.1. The molecule has 136 valence electrons. The Bertz CT molecular complexity index is 609. The van der Waals surface area contributed by atoms with Crippen LogP contribution in [-0.2, 0) is 4.79 Å². The number of anilines is 1. The Morgan fingerprint density at radius 2 is 1.84 bits per heavy atom. The molecule has 3 nitrogen and oxygen atoms in total. The Morgan fingerprint density at radius 3 is 2.40 bits per heavy atom. The second kappa shape index (κ2) is 7.06. The summed E-state index contributed by atoms with van der Waals surface area (Å²) in [6, 6.07) is 6.56. The number of hydrogen-bond donors (Lipinski definition) is 0. The molecule has 0 spiro atoms. The molecule has 0 N–H and O–H groups in total. The van der Waals surface area contributed by atoms with Crippen LogP contribution >= 0.6 is 0 Å². The predicted octanol–water partition coefficient (Wildman–Crippen LogP) is 4.08. The van der Waals surface area contributed by atoms with Crippen LogP contribution in [0.5, 0.6) is 0 Å². The maximum absolute atomic E-state index is 13.2. The molecule has 1 aromatic carbocycles. The molecule has 4 rings (SSSR count). The van der Waals surface area contributed by atoms with Crippen LogP contribution in [-0.4, -0.2) is 36.5 Å². The monoisotopic (exact) mass is 344 g/mol. The summed E-state index contributed by atoms with van der Waals surface area (Å²) in [4.78, 5) is 16.7. The number of halogens is 1. The Morgan fingerprint density at radius 1 is 1.12 bits per heavy atom. The third kappa shape index (κ3) is 3.59. The zero-order valence-corrected chi connectivity index (χ0v) is 15.2. The Kier molecular flexibility index (Phi) is 4.81. The van der Waals surface area contributed by atoms with Crippen molar-refractivity contribution in [3.8, 4) is 0 Å². The summed E-state index contributed by atoms with van der Waals surface area (Å²) in [5, 5.41) is 0. The van der Waals surface area contributed by atoms with Crippen molar-refractivity contribution in [2.45, 2.75) is 51.5 Å². The smallest absolute Gasteiger partial charge is 0.224 e. The highest BCUT2D eigenvalue weighted by Gasteiger charge is 2.40. The van der Waals surface area contributed by atoms with Crippen molar-refractivity contribution in [3.63, 3.8) is 0 Å². The second-order valence-corrected chi connectivity index (χ2v) is 8.33.